The summed E-state index contributed by atoms with van der Waals surface area (Å²) in [6, 6.07) is 18.9. The summed E-state index contributed by atoms with van der Waals surface area (Å²) in [7, 11) is 0. The fourth-order valence-corrected chi connectivity index (χ4v) is 7.08. The number of alkyl carbamates (subject to hydrolysis) is 1. The van der Waals surface area contributed by atoms with E-state index in [4.69, 9.17) is 24.4 Å². The van der Waals surface area contributed by atoms with Crippen LogP contribution >= 0.6 is 0 Å². The Labute approximate surface area is 308 Å². The fourth-order valence-electron chi connectivity index (χ4n) is 7.08. The molecule has 15 heteroatoms. The number of fused-ring (bicyclic) bond motifs is 1. The first-order chi connectivity index (χ1) is 25.3. The van der Waals surface area contributed by atoms with E-state index in [0.717, 1.165) is 11.1 Å². The van der Waals surface area contributed by atoms with Crippen LogP contribution in [0.25, 0.3) is 11.2 Å². The first kappa shape index (κ1) is 37.5. The second-order valence-corrected chi connectivity index (χ2v) is 14.7. The molecule has 3 heterocycles. The maximum absolute atomic E-state index is 12.8. The summed E-state index contributed by atoms with van der Waals surface area (Å²) in [6.45, 7) is 9.54. The zero-order valence-electron chi connectivity index (χ0n) is 30.7. The lowest BCUT2D eigenvalue weighted by Crippen LogP contribution is -2.43. The van der Waals surface area contributed by atoms with Crippen molar-refractivity contribution in [3.8, 4) is 0 Å². The Morgan fingerprint density at radius 3 is 2.30 bits per heavy atom. The first-order valence-electron chi connectivity index (χ1n) is 18.0. The van der Waals surface area contributed by atoms with Crippen LogP contribution in [0.15, 0.2) is 67.0 Å². The molecule has 53 heavy (non-hydrogen) atoms. The van der Waals surface area contributed by atoms with Crippen LogP contribution in [0.1, 0.15) is 77.0 Å². The molecule has 1 aliphatic heterocycles. The number of hydrogen-bond acceptors (Lipinski definition) is 12. The van der Waals surface area contributed by atoms with Crippen LogP contribution in [0.3, 0.4) is 0 Å². The molecule has 1 saturated heterocycles. The Hall–Kier alpha value is -5.28. The molecule has 0 bridgehead atoms. The molecule has 1 aliphatic carbocycles. The van der Waals surface area contributed by atoms with Gasteiger partial charge in [-0.3, -0.25) is 14.8 Å². The molecule has 0 radical (unpaired) electrons. The molecule has 2 fully saturated rings. The SMILES string of the molecule is CC(=O)O[C@@H](C)C(=O)N(O)C1C[C@@H](n2cnc3c(NCC(c4ccccc4)c4ccccc4)nc(N4CCC(NC(=O)OC(C)(C)C)C4)nc32)[C@@H](O)C1. The van der Waals surface area contributed by atoms with Gasteiger partial charge in [-0.2, -0.15) is 9.97 Å². The highest BCUT2D eigenvalue weighted by atomic mass is 16.6. The lowest BCUT2D eigenvalue weighted by molar-refractivity contribution is -0.189. The molecule has 5 atom stereocenters. The number of amides is 2. The van der Waals surface area contributed by atoms with Crippen molar-refractivity contribution in [2.24, 2.45) is 0 Å². The number of aliphatic hydroxyl groups excluding tert-OH is 1. The summed E-state index contributed by atoms with van der Waals surface area (Å²) in [4.78, 5) is 53.5. The van der Waals surface area contributed by atoms with Crippen LogP contribution in [0.4, 0.5) is 16.6 Å². The van der Waals surface area contributed by atoms with Gasteiger partial charge in [0.25, 0.3) is 5.91 Å². The number of rotatable bonds is 11. The van der Waals surface area contributed by atoms with Crippen LogP contribution in [-0.2, 0) is 19.1 Å². The quantitative estimate of drug-likeness (QED) is 0.0971. The van der Waals surface area contributed by atoms with Crippen molar-refractivity contribution in [3.05, 3.63) is 78.1 Å². The topological polar surface area (TPSA) is 184 Å². The maximum atomic E-state index is 12.8. The van der Waals surface area contributed by atoms with Gasteiger partial charge in [-0.1, -0.05) is 60.7 Å². The van der Waals surface area contributed by atoms with Crippen molar-refractivity contribution in [3.63, 3.8) is 0 Å². The van der Waals surface area contributed by atoms with Crippen LogP contribution in [0.5, 0.6) is 0 Å². The van der Waals surface area contributed by atoms with E-state index in [1.165, 1.54) is 13.8 Å². The summed E-state index contributed by atoms with van der Waals surface area (Å²) in [5, 5.41) is 29.2. The number of anilines is 2. The highest BCUT2D eigenvalue weighted by Gasteiger charge is 2.41. The molecule has 2 aliphatic rings. The Bertz CT molecular complexity index is 1860. The number of hydrogen-bond donors (Lipinski definition) is 4. The molecule has 282 valence electrons. The monoisotopic (exact) mass is 728 g/mol. The minimum atomic E-state index is -1.18. The van der Waals surface area contributed by atoms with Crippen LogP contribution in [0.2, 0.25) is 0 Å². The van der Waals surface area contributed by atoms with E-state index in [0.29, 0.717) is 54.0 Å². The largest absolute Gasteiger partial charge is 0.453 e. The number of aromatic nitrogens is 4. The lowest BCUT2D eigenvalue weighted by Gasteiger charge is -2.25. The van der Waals surface area contributed by atoms with Crippen molar-refractivity contribution in [1.82, 2.24) is 29.9 Å². The van der Waals surface area contributed by atoms with Gasteiger partial charge in [-0.15, -0.1) is 0 Å². The number of nitrogens with one attached hydrogen (secondary N) is 2. The third kappa shape index (κ3) is 8.86. The zero-order valence-corrected chi connectivity index (χ0v) is 30.7. The van der Waals surface area contributed by atoms with Gasteiger partial charge in [-0.05, 0) is 58.1 Å². The van der Waals surface area contributed by atoms with Crippen molar-refractivity contribution in [1.29, 1.82) is 0 Å². The molecule has 1 saturated carbocycles. The number of benzene rings is 2. The van der Waals surface area contributed by atoms with E-state index in [-0.39, 0.29) is 24.8 Å². The average molecular weight is 729 g/mol. The summed E-state index contributed by atoms with van der Waals surface area (Å²) in [6.07, 6.45) is -0.0931. The van der Waals surface area contributed by atoms with Gasteiger partial charge in [0.15, 0.2) is 23.1 Å². The zero-order chi connectivity index (χ0) is 37.9. The Morgan fingerprint density at radius 1 is 1.02 bits per heavy atom. The van der Waals surface area contributed by atoms with Gasteiger partial charge in [0, 0.05) is 32.5 Å². The lowest BCUT2D eigenvalue weighted by atomic mass is 9.91. The summed E-state index contributed by atoms with van der Waals surface area (Å²) < 4.78 is 12.2. The minimum absolute atomic E-state index is 0.0120. The highest BCUT2D eigenvalue weighted by molar-refractivity contribution is 5.85. The Kier molecular flexibility index (Phi) is 11.1. The Morgan fingerprint density at radius 2 is 1.68 bits per heavy atom. The van der Waals surface area contributed by atoms with E-state index in [2.05, 4.69) is 34.9 Å². The predicted octanol–water partition coefficient (Wildman–Crippen LogP) is 4.41. The van der Waals surface area contributed by atoms with Crippen molar-refractivity contribution >= 4 is 40.9 Å². The molecule has 2 aromatic carbocycles. The minimum Gasteiger partial charge on any atom is -0.453 e. The number of hydroxylamine groups is 2. The highest BCUT2D eigenvalue weighted by Crippen LogP contribution is 2.37. The van der Waals surface area contributed by atoms with Crippen molar-refractivity contribution in [2.45, 2.75) is 95.7 Å². The standard InChI is InChI=1S/C38H48N8O7/c1-23(52-24(2)47)35(49)46(51)28-18-30(31(48)19-28)45-22-40-32-33(39-20-29(25-12-8-6-9-13-25)26-14-10-7-11-15-26)42-36(43-34(32)45)44-17-16-27(21-44)41-37(50)53-38(3,4)5/h6-15,22-23,27-31,48,51H,16-21H2,1-5H3,(H,41,50)(H,39,42,43)/t23-,27?,28?,30+,31-/m0/s1. The first-order valence-corrected chi connectivity index (χ1v) is 18.0. The van der Waals surface area contributed by atoms with E-state index in [9.17, 15) is 24.7 Å². The van der Waals surface area contributed by atoms with Gasteiger partial charge in [0.05, 0.1) is 30.6 Å². The number of carbonyl (C=O) groups excluding carboxylic acids is 3. The number of aliphatic hydroxyl groups is 1. The number of nitrogens with zero attached hydrogens (tertiary/aromatic N) is 6. The fraction of sp³-hybridized carbons (Fsp3) is 0.474. The van der Waals surface area contributed by atoms with Gasteiger partial charge >= 0.3 is 12.1 Å². The summed E-state index contributed by atoms with van der Waals surface area (Å²) in [5.74, 6) is -0.509. The number of ether oxygens (including phenoxy) is 2. The van der Waals surface area contributed by atoms with E-state index in [1.54, 1.807) is 10.9 Å². The molecular weight excluding hydrogens is 680 g/mol. The molecule has 15 nitrogen and oxygen atoms in total. The van der Waals surface area contributed by atoms with Gasteiger partial charge in [0.2, 0.25) is 5.95 Å². The van der Waals surface area contributed by atoms with Gasteiger partial charge in [-0.25, -0.2) is 14.8 Å². The van der Waals surface area contributed by atoms with Gasteiger partial charge in [0.1, 0.15) is 5.60 Å². The van der Waals surface area contributed by atoms with Crippen molar-refractivity contribution < 1.29 is 34.2 Å². The molecule has 6 rings (SSSR count). The summed E-state index contributed by atoms with van der Waals surface area (Å²) >= 11 is 0. The predicted molar refractivity (Wildman–Crippen MR) is 196 cm³/mol. The van der Waals surface area contributed by atoms with E-state index in [1.807, 2.05) is 62.1 Å². The third-order valence-electron chi connectivity index (χ3n) is 9.57. The number of imidazole rings is 1. The molecule has 2 amide bonds. The molecule has 4 N–H and O–H groups in total. The molecular formula is C38H48N8O7. The smallest absolute Gasteiger partial charge is 0.407 e. The maximum Gasteiger partial charge on any atom is 0.407 e. The molecule has 2 unspecified atom stereocenters. The second kappa shape index (κ2) is 15.8. The second-order valence-electron chi connectivity index (χ2n) is 14.7. The van der Waals surface area contributed by atoms with E-state index >= 15 is 0 Å². The Balaban J connectivity index is 1.30. The van der Waals surface area contributed by atoms with Gasteiger partial charge < -0.3 is 34.7 Å². The third-order valence-corrected chi connectivity index (χ3v) is 9.57. The van der Waals surface area contributed by atoms with Crippen LogP contribution < -0.4 is 15.5 Å². The average Bonchev–Trinajstić information content (AvgIpc) is 3.86. The number of carbonyl (C=O) groups is 3. The van der Waals surface area contributed by atoms with Crippen LogP contribution in [-0.4, -0.2) is 102 Å². The van der Waals surface area contributed by atoms with Crippen molar-refractivity contribution in [2.75, 3.05) is 29.9 Å². The van der Waals surface area contributed by atoms with Crippen LogP contribution in [0, 0.1) is 0 Å². The number of esters is 1. The molecule has 4 aromatic rings. The summed E-state index contributed by atoms with van der Waals surface area (Å²) in [5.41, 5.74) is 2.59. The van der Waals surface area contributed by atoms with E-state index < -0.39 is 47.9 Å². The molecule has 0 spiro atoms. The normalized spacial score (nSPS) is 20.7. The molecule has 2 aromatic heterocycles.